The van der Waals surface area contributed by atoms with Crippen molar-refractivity contribution in [1.29, 1.82) is 0 Å². The van der Waals surface area contributed by atoms with Crippen molar-refractivity contribution in [2.45, 2.75) is 16.9 Å². The third-order valence-corrected chi connectivity index (χ3v) is 7.98. The molecule has 0 saturated carbocycles. The molecule has 0 bridgehead atoms. The number of amides is 1. The number of nitrogens with zero attached hydrogens (tertiary/aromatic N) is 3. The molecule has 3 atom stereocenters. The highest BCUT2D eigenvalue weighted by molar-refractivity contribution is 7.90. The summed E-state index contributed by atoms with van der Waals surface area (Å²) >= 11 is 5.77. The van der Waals surface area contributed by atoms with Crippen molar-refractivity contribution in [1.82, 2.24) is 9.29 Å². The Hall–Kier alpha value is -2.83. The quantitative estimate of drug-likeness (QED) is 0.678. The second-order valence-electron chi connectivity index (χ2n) is 7.34. The highest BCUT2D eigenvalue weighted by Gasteiger charge is 2.62. The Morgan fingerprint density at radius 1 is 1.41 bits per heavy atom. The van der Waals surface area contributed by atoms with Gasteiger partial charge in [-0.3, -0.25) is 4.79 Å². The zero-order chi connectivity index (χ0) is 23.3. The number of guanidine groups is 1. The minimum atomic E-state index is -4.22. The van der Waals surface area contributed by atoms with Gasteiger partial charge in [0.25, 0.3) is 5.91 Å². The molecule has 32 heavy (non-hydrogen) atoms. The fraction of sp³-hybridized carbons (Fsp3) is 0.316. The van der Waals surface area contributed by atoms with Gasteiger partial charge in [-0.1, -0.05) is 11.6 Å². The number of sulfonamides is 1. The monoisotopic (exact) mass is 485 g/mol. The maximum absolute atomic E-state index is 15.0. The minimum Gasteiger partial charge on any atom is -0.371 e. The number of aliphatic imine (C=N–C) groups is 1. The number of hydrogen-bond acceptors (Lipinski definition) is 7. The smallest absolute Gasteiger partial charge is 0.274 e. The van der Waals surface area contributed by atoms with Crippen LogP contribution in [0.1, 0.15) is 16.1 Å². The average molecular weight is 486 g/mol. The molecular formula is C19H18ClF2N5O4S. The van der Waals surface area contributed by atoms with E-state index in [1.54, 1.807) is 0 Å². The number of halogens is 3. The van der Waals surface area contributed by atoms with E-state index in [9.17, 15) is 22.0 Å². The van der Waals surface area contributed by atoms with Gasteiger partial charge in [0.15, 0.2) is 0 Å². The molecule has 3 unspecified atom stereocenters. The molecule has 0 spiro atoms. The minimum absolute atomic E-state index is 0.0575. The summed E-state index contributed by atoms with van der Waals surface area (Å²) in [5.74, 6) is -1.79. The first-order valence-electron chi connectivity index (χ1n) is 9.34. The lowest BCUT2D eigenvalue weighted by Crippen LogP contribution is -2.59. The zero-order valence-corrected chi connectivity index (χ0v) is 18.2. The molecule has 2 aromatic rings. The Bertz CT molecular complexity index is 1210. The van der Waals surface area contributed by atoms with Gasteiger partial charge < -0.3 is 15.8 Å². The highest BCUT2D eigenvalue weighted by Crippen LogP contribution is 2.46. The lowest BCUT2D eigenvalue weighted by atomic mass is 9.86. The number of pyridine rings is 1. The van der Waals surface area contributed by atoms with E-state index in [1.165, 1.54) is 37.5 Å². The number of nitrogens with two attached hydrogens (primary N) is 1. The number of hydrogen-bond donors (Lipinski definition) is 2. The van der Waals surface area contributed by atoms with Gasteiger partial charge in [0.1, 0.15) is 35.1 Å². The van der Waals surface area contributed by atoms with Gasteiger partial charge in [-0.15, -0.1) is 0 Å². The molecule has 2 aliphatic heterocycles. The molecule has 1 amide bonds. The number of anilines is 1. The lowest BCUT2D eigenvalue weighted by Gasteiger charge is -2.39. The van der Waals surface area contributed by atoms with E-state index in [0.717, 1.165) is 10.4 Å². The maximum atomic E-state index is 15.0. The summed E-state index contributed by atoms with van der Waals surface area (Å²) in [6.07, 6.45) is -0.0699. The van der Waals surface area contributed by atoms with Crippen molar-refractivity contribution in [2.75, 3.05) is 25.6 Å². The molecule has 3 N–H and O–H groups in total. The van der Waals surface area contributed by atoms with Crippen LogP contribution in [-0.2, 0) is 20.3 Å². The van der Waals surface area contributed by atoms with E-state index in [0.29, 0.717) is 5.02 Å². The standard InChI is InChI=1S/C19H18ClF2N5O4S/c1-27-18(23)26-19(9-31-15(7-21)16(19)32(27,29)30)12-6-11(3-4-13(12)22)25-17(28)14-5-2-10(20)8-24-14/h2-6,8,15-16H,7,9H2,1H3,(H2,23,26)(H,25,28). The van der Waals surface area contributed by atoms with Crippen LogP contribution in [0.25, 0.3) is 0 Å². The van der Waals surface area contributed by atoms with E-state index in [-0.39, 0.29) is 22.9 Å². The Morgan fingerprint density at radius 3 is 2.81 bits per heavy atom. The molecule has 2 aliphatic rings. The number of rotatable bonds is 4. The summed E-state index contributed by atoms with van der Waals surface area (Å²) in [6.45, 7) is -1.53. The van der Waals surface area contributed by atoms with Crippen molar-refractivity contribution < 1.29 is 26.7 Å². The van der Waals surface area contributed by atoms with Gasteiger partial charge >= 0.3 is 0 Å². The molecule has 0 aliphatic carbocycles. The Morgan fingerprint density at radius 2 is 2.16 bits per heavy atom. The normalized spacial score (nSPS) is 26.4. The van der Waals surface area contributed by atoms with Gasteiger partial charge in [-0.2, -0.15) is 0 Å². The van der Waals surface area contributed by atoms with Crippen LogP contribution >= 0.6 is 11.6 Å². The number of alkyl halides is 1. The van der Waals surface area contributed by atoms with E-state index >= 15 is 0 Å². The molecule has 9 nitrogen and oxygen atoms in total. The Labute approximate surface area is 187 Å². The molecule has 1 aromatic heterocycles. The summed E-state index contributed by atoms with van der Waals surface area (Å²) in [5, 5.41) is 1.36. The van der Waals surface area contributed by atoms with E-state index in [1.807, 2.05) is 0 Å². The van der Waals surface area contributed by atoms with Crippen LogP contribution in [0.2, 0.25) is 5.02 Å². The average Bonchev–Trinajstić information content (AvgIpc) is 3.14. The second-order valence-corrected chi connectivity index (χ2v) is 9.86. The Kier molecular flexibility index (Phi) is 5.55. The number of fused-ring (bicyclic) bond motifs is 1. The third-order valence-electron chi connectivity index (χ3n) is 5.47. The van der Waals surface area contributed by atoms with Crippen LogP contribution in [0, 0.1) is 5.82 Å². The summed E-state index contributed by atoms with van der Waals surface area (Å²) in [5.41, 5.74) is 4.00. The maximum Gasteiger partial charge on any atom is 0.274 e. The number of aromatic nitrogens is 1. The lowest BCUT2D eigenvalue weighted by molar-refractivity contribution is 0.0847. The van der Waals surface area contributed by atoms with Crippen LogP contribution in [0.4, 0.5) is 14.5 Å². The molecule has 4 rings (SSSR count). The topological polar surface area (TPSA) is 127 Å². The summed E-state index contributed by atoms with van der Waals surface area (Å²) in [6, 6.07) is 6.46. The predicted octanol–water partition coefficient (Wildman–Crippen LogP) is 1.65. The van der Waals surface area contributed by atoms with Crippen LogP contribution in [0.3, 0.4) is 0 Å². The number of benzene rings is 1. The van der Waals surface area contributed by atoms with Gasteiger partial charge in [-0.05, 0) is 30.3 Å². The van der Waals surface area contributed by atoms with E-state index in [2.05, 4.69) is 15.3 Å². The summed E-state index contributed by atoms with van der Waals surface area (Å²) in [7, 11) is -3.04. The van der Waals surface area contributed by atoms with Crippen molar-refractivity contribution in [2.24, 2.45) is 10.7 Å². The first-order chi connectivity index (χ1) is 15.1. The van der Waals surface area contributed by atoms with Crippen LogP contribution in [0.15, 0.2) is 41.5 Å². The fourth-order valence-electron chi connectivity index (χ4n) is 3.88. The van der Waals surface area contributed by atoms with Crippen LogP contribution in [0.5, 0.6) is 0 Å². The van der Waals surface area contributed by atoms with Crippen molar-refractivity contribution in [3.63, 3.8) is 0 Å². The SMILES string of the molecule is CN1C(N)=NC2(c3cc(NC(=O)c4ccc(Cl)cn4)ccc3F)COC(CF)C2S1(=O)=O. The second kappa shape index (κ2) is 7.94. The van der Waals surface area contributed by atoms with E-state index in [4.69, 9.17) is 22.1 Å². The van der Waals surface area contributed by atoms with Crippen molar-refractivity contribution in [3.8, 4) is 0 Å². The third kappa shape index (κ3) is 3.48. The number of nitrogens with one attached hydrogen (secondary N) is 1. The number of ether oxygens (including phenoxy) is 1. The fourth-order valence-corrected chi connectivity index (χ4v) is 5.91. The largest absolute Gasteiger partial charge is 0.371 e. The summed E-state index contributed by atoms with van der Waals surface area (Å²) < 4.78 is 60.8. The van der Waals surface area contributed by atoms with Crippen LogP contribution < -0.4 is 11.1 Å². The molecular weight excluding hydrogens is 468 g/mol. The van der Waals surface area contributed by atoms with Gasteiger partial charge in [0.05, 0.1) is 11.6 Å². The van der Waals surface area contributed by atoms with Gasteiger partial charge in [0, 0.05) is 24.5 Å². The van der Waals surface area contributed by atoms with Gasteiger partial charge in [0.2, 0.25) is 16.0 Å². The molecule has 1 aromatic carbocycles. The molecule has 13 heteroatoms. The molecule has 1 saturated heterocycles. The number of carbonyl (C=O) groups is 1. The zero-order valence-electron chi connectivity index (χ0n) is 16.6. The van der Waals surface area contributed by atoms with Crippen molar-refractivity contribution >= 4 is 39.2 Å². The van der Waals surface area contributed by atoms with Gasteiger partial charge in [-0.25, -0.2) is 31.5 Å². The van der Waals surface area contributed by atoms with E-state index < -0.39 is 51.9 Å². The molecule has 1 fully saturated rings. The Balaban J connectivity index is 1.78. The molecule has 0 radical (unpaired) electrons. The first-order valence-corrected chi connectivity index (χ1v) is 11.2. The molecule has 170 valence electrons. The van der Waals surface area contributed by atoms with Crippen molar-refractivity contribution in [3.05, 3.63) is 58.6 Å². The number of carbonyl (C=O) groups excluding carboxylic acids is 1. The highest BCUT2D eigenvalue weighted by atomic mass is 35.5. The predicted molar refractivity (Wildman–Crippen MR) is 113 cm³/mol. The molecule has 3 heterocycles. The first kappa shape index (κ1) is 22.4. The summed E-state index contributed by atoms with van der Waals surface area (Å²) in [4.78, 5) is 20.6. The van der Waals surface area contributed by atoms with Crippen LogP contribution in [-0.4, -0.2) is 61.3 Å².